The molecule has 3 rings (SSSR count). The van der Waals surface area contributed by atoms with E-state index in [-0.39, 0.29) is 18.0 Å². The molecule has 1 aromatic heterocycles. The fourth-order valence-electron chi connectivity index (χ4n) is 2.99. The Balaban J connectivity index is 1.51. The minimum Gasteiger partial charge on any atom is -0.341 e. The number of carbonyl (C=O) groups is 2. The van der Waals surface area contributed by atoms with Crippen molar-refractivity contribution in [3.8, 4) is 0 Å². The highest BCUT2D eigenvalue weighted by atomic mass is 16.2. The van der Waals surface area contributed by atoms with Gasteiger partial charge in [0.2, 0.25) is 5.91 Å². The number of rotatable bonds is 6. The second kappa shape index (κ2) is 7.83. The zero-order valence-electron chi connectivity index (χ0n) is 14.3. The molecule has 1 aliphatic heterocycles. The van der Waals surface area contributed by atoms with Gasteiger partial charge in [0, 0.05) is 43.6 Å². The third-order valence-corrected chi connectivity index (χ3v) is 4.13. The van der Waals surface area contributed by atoms with E-state index in [1.54, 1.807) is 11.1 Å². The second-order valence-electron chi connectivity index (χ2n) is 6.35. The number of hydrogen-bond acceptors (Lipinski definition) is 3. The average Bonchev–Trinajstić information content (AvgIpc) is 3.20. The highest BCUT2D eigenvalue weighted by Crippen LogP contribution is 2.12. The first-order chi connectivity index (χ1) is 12.1. The predicted octanol–water partition coefficient (Wildman–Crippen LogP) is 2.06. The van der Waals surface area contributed by atoms with Gasteiger partial charge in [-0.15, -0.1) is 0 Å². The van der Waals surface area contributed by atoms with Crippen molar-refractivity contribution in [1.82, 2.24) is 20.0 Å². The third kappa shape index (κ3) is 4.82. The number of nitrogens with one attached hydrogen (secondary N) is 2. The lowest BCUT2D eigenvalue weighted by molar-refractivity contribution is -0.127. The topological polar surface area (TPSA) is 79.3 Å². The third-order valence-electron chi connectivity index (χ3n) is 4.13. The lowest BCUT2D eigenvalue weighted by Crippen LogP contribution is -2.44. The zero-order chi connectivity index (χ0) is 17.6. The number of amides is 3. The molecule has 1 aliphatic rings. The summed E-state index contributed by atoms with van der Waals surface area (Å²) in [7, 11) is 0. The minimum atomic E-state index is -0.268. The molecule has 1 saturated heterocycles. The van der Waals surface area contributed by atoms with Crippen molar-refractivity contribution in [1.29, 1.82) is 0 Å². The van der Waals surface area contributed by atoms with E-state index in [2.05, 4.69) is 15.7 Å². The van der Waals surface area contributed by atoms with Crippen LogP contribution in [0.1, 0.15) is 25.3 Å². The molecule has 2 heterocycles. The number of carbonyl (C=O) groups excluding carboxylic acids is 2. The number of likely N-dealkylation sites (tertiary alicyclic amines) is 1. The molecule has 2 N–H and O–H groups in total. The van der Waals surface area contributed by atoms with E-state index in [4.69, 9.17) is 0 Å². The summed E-state index contributed by atoms with van der Waals surface area (Å²) in [4.78, 5) is 25.6. The molecule has 1 atom stereocenters. The van der Waals surface area contributed by atoms with Gasteiger partial charge >= 0.3 is 6.03 Å². The lowest BCUT2D eigenvalue weighted by atomic mass is 10.2. The molecule has 1 aromatic carbocycles. The Hall–Kier alpha value is -2.83. The van der Waals surface area contributed by atoms with Crippen molar-refractivity contribution in [2.24, 2.45) is 0 Å². The number of benzene rings is 1. The molecule has 1 fully saturated rings. The largest absolute Gasteiger partial charge is 0.341 e. The minimum absolute atomic E-state index is 0.102. The quantitative estimate of drug-likeness (QED) is 0.844. The molecule has 25 heavy (non-hydrogen) atoms. The van der Waals surface area contributed by atoms with Crippen LogP contribution in [-0.2, 0) is 11.3 Å². The van der Waals surface area contributed by atoms with Gasteiger partial charge in [-0.2, -0.15) is 5.10 Å². The maximum absolute atomic E-state index is 12.2. The molecule has 0 saturated carbocycles. The van der Waals surface area contributed by atoms with Crippen molar-refractivity contribution < 1.29 is 9.59 Å². The normalized spacial score (nSPS) is 15.2. The number of nitrogens with zero attached hydrogens (tertiary/aromatic N) is 3. The van der Waals surface area contributed by atoms with E-state index in [0.29, 0.717) is 19.5 Å². The summed E-state index contributed by atoms with van der Waals surface area (Å²) >= 11 is 0. The number of urea groups is 1. The first-order valence-electron chi connectivity index (χ1n) is 8.52. The fourth-order valence-corrected chi connectivity index (χ4v) is 2.99. The van der Waals surface area contributed by atoms with Gasteiger partial charge < -0.3 is 15.5 Å². The van der Waals surface area contributed by atoms with Crippen LogP contribution in [0.5, 0.6) is 0 Å². The average molecular weight is 341 g/mol. The first kappa shape index (κ1) is 17.0. The van der Waals surface area contributed by atoms with Gasteiger partial charge in [0.1, 0.15) is 0 Å². The van der Waals surface area contributed by atoms with E-state index in [1.165, 1.54) is 0 Å². The van der Waals surface area contributed by atoms with Crippen molar-refractivity contribution in [3.63, 3.8) is 0 Å². The van der Waals surface area contributed by atoms with E-state index in [0.717, 1.165) is 24.2 Å². The van der Waals surface area contributed by atoms with Crippen LogP contribution in [0, 0.1) is 0 Å². The van der Waals surface area contributed by atoms with E-state index >= 15 is 0 Å². The van der Waals surface area contributed by atoms with Gasteiger partial charge in [-0.05, 0) is 37.1 Å². The fraction of sp³-hybridized carbons (Fsp3) is 0.389. The molecule has 2 aromatic rings. The van der Waals surface area contributed by atoms with Crippen LogP contribution in [0.4, 0.5) is 10.5 Å². The second-order valence-corrected chi connectivity index (χ2v) is 6.35. The summed E-state index contributed by atoms with van der Waals surface area (Å²) in [6.07, 6.45) is 5.15. The molecule has 0 aliphatic carbocycles. The molecule has 0 unspecified atom stereocenters. The molecule has 7 heteroatoms. The maximum atomic E-state index is 12.2. The lowest BCUT2D eigenvalue weighted by Gasteiger charge is -2.21. The number of hydrogen-bond donors (Lipinski definition) is 2. The van der Waals surface area contributed by atoms with E-state index in [9.17, 15) is 9.59 Å². The van der Waals surface area contributed by atoms with Crippen LogP contribution in [-0.4, -0.2) is 45.8 Å². The molecule has 0 radical (unpaired) electrons. The first-order valence-corrected chi connectivity index (χ1v) is 8.52. The summed E-state index contributed by atoms with van der Waals surface area (Å²) in [5, 5.41) is 9.91. The van der Waals surface area contributed by atoms with Crippen LogP contribution >= 0.6 is 0 Å². The molecule has 0 bridgehead atoms. The standard InChI is InChI=1S/C18H23N5O2/c1-14(12-22-9-3-7-17(22)24)20-18(25)21-16-6-2-5-15(11-16)13-23-10-4-8-19-23/h2,4-6,8,10-11,14H,3,7,9,12-13H2,1H3,(H2,20,21,25)/t14-/m0/s1. The summed E-state index contributed by atoms with van der Waals surface area (Å²) in [5.41, 5.74) is 1.78. The summed E-state index contributed by atoms with van der Waals surface area (Å²) < 4.78 is 1.83. The highest BCUT2D eigenvalue weighted by Gasteiger charge is 2.22. The van der Waals surface area contributed by atoms with Crippen molar-refractivity contribution in [2.75, 3.05) is 18.4 Å². The number of aromatic nitrogens is 2. The van der Waals surface area contributed by atoms with Crippen molar-refractivity contribution >= 4 is 17.6 Å². The van der Waals surface area contributed by atoms with Gasteiger partial charge in [-0.3, -0.25) is 9.48 Å². The van der Waals surface area contributed by atoms with Crippen LogP contribution in [0.2, 0.25) is 0 Å². The van der Waals surface area contributed by atoms with Crippen LogP contribution in [0.25, 0.3) is 0 Å². The Bertz CT molecular complexity index is 729. The Morgan fingerprint density at radius 1 is 1.36 bits per heavy atom. The van der Waals surface area contributed by atoms with Gasteiger partial charge in [0.15, 0.2) is 0 Å². The Morgan fingerprint density at radius 2 is 2.24 bits per heavy atom. The maximum Gasteiger partial charge on any atom is 0.319 e. The van der Waals surface area contributed by atoms with Crippen molar-refractivity contribution in [3.05, 3.63) is 48.3 Å². The number of anilines is 1. The summed E-state index contributed by atoms with van der Waals surface area (Å²) in [6.45, 7) is 3.88. The molecule has 3 amide bonds. The van der Waals surface area contributed by atoms with Crippen molar-refractivity contribution in [2.45, 2.75) is 32.4 Å². The molecule has 7 nitrogen and oxygen atoms in total. The van der Waals surface area contributed by atoms with Gasteiger partial charge in [0.25, 0.3) is 0 Å². The molecule has 0 spiro atoms. The molecular weight excluding hydrogens is 318 g/mol. The van der Waals surface area contributed by atoms with Crippen LogP contribution < -0.4 is 10.6 Å². The Kier molecular flexibility index (Phi) is 5.33. The Morgan fingerprint density at radius 3 is 2.96 bits per heavy atom. The van der Waals surface area contributed by atoms with Gasteiger partial charge in [0.05, 0.1) is 6.54 Å². The van der Waals surface area contributed by atoms with E-state index < -0.39 is 0 Å². The Labute approximate surface area is 147 Å². The van der Waals surface area contributed by atoms with Crippen LogP contribution in [0.3, 0.4) is 0 Å². The molecular formula is C18H23N5O2. The monoisotopic (exact) mass is 341 g/mol. The zero-order valence-corrected chi connectivity index (χ0v) is 14.3. The van der Waals surface area contributed by atoms with E-state index in [1.807, 2.05) is 48.1 Å². The predicted molar refractivity (Wildman–Crippen MR) is 95.2 cm³/mol. The summed E-state index contributed by atoms with van der Waals surface area (Å²) in [6, 6.07) is 9.18. The van der Waals surface area contributed by atoms with Gasteiger partial charge in [-0.25, -0.2) is 4.79 Å². The summed E-state index contributed by atoms with van der Waals surface area (Å²) in [5.74, 6) is 0.167. The SMILES string of the molecule is C[C@@H](CN1CCCC1=O)NC(=O)Nc1cccc(Cn2cccn2)c1. The van der Waals surface area contributed by atoms with Gasteiger partial charge in [-0.1, -0.05) is 12.1 Å². The smallest absolute Gasteiger partial charge is 0.319 e. The van der Waals surface area contributed by atoms with Crippen LogP contribution in [0.15, 0.2) is 42.7 Å². The highest BCUT2D eigenvalue weighted by molar-refractivity contribution is 5.89. The molecule has 132 valence electrons.